The van der Waals surface area contributed by atoms with Crippen LogP contribution in [0.2, 0.25) is 0 Å². The van der Waals surface area contributed by atoms with Crippen molar-refractivity contribution in [3.63, 3.8) is 0 Å². The molecular weight excluding hydrogens is 325 g/mol. The van der Waals surface area contributed by atoms with Crippen molar-refractivity contribution in [1.29, 1.82) is 0 Å². The standard InChI is InChI=1S/C17H17F3O2S/c1-16(2,15(21)22)9-8-12-10-13(11-6-4-3-5-7-11)14(23-12)17(18,19)20/h3-7,10H,8-9H2,1-2H3,(H,21,22). The lowest BCUT2D eigenvalue weighted by atomic mass is 9.88. The second-order valence-corrected chi connectivity index (χ2v) is 7.15. The summed E-state index contributed by atoms with van der Waals surface area (Å²) in [5.41, 5.74) is -0.291. The Labute approximate surface area is 136 Å². The van der Waals surface area contributed by atoms with Gasteiger partial charge >= 0.3 is 12.1 Å². The molecule has 0 bridgehead atoms. The Morgan fingerprint density at radius 3 is 2.30 bits per heavy atom. The van der Waals surface area contributed by atoms with Gasteiger partial charge < -0.3 is 5.11 Å². The van der Waals surface area contributed by atoms with E-state index in [2.05, 4.69) is 0 Å². The van der Waals surface area contributed by atoms with Crippen molar-refractivity contribution < 1.29 is 23.1 Å². The van der Waals surface area contributed by atoms with E-state index in [0.29, 0.717) is 28.2 Å². The molecule has 124 valence electrons. The van der Waals surface area contributed by atoms with E-state index in [0.717, 1.165) is 0 Å². The maximum Gasteiger partial charge on any atom is 0.426 e. The third-order valence-corrected chi connectivity index (χ3v) is 4.94. The van der Waals surface area contributed by atoms with Crippen LogP contribution in [0.25, 0.3) is 11.1 Å². The molecule has 1 aromatic heterocycles. The molecule has 0 spiro atoms. The Morgan fingerprint density at radius 1 is 1.17 bits per heavy atom. The molecule has 23 heavy (non-hydrogen) atoms. The summed E-state index contributed by atoms with van der Waals surface area (Å²) in [7, 11) is 0. The molecule has 1 aromatic carbocycles. The number of carboxylic acids is 1. The monoisotopic (exact) mass is 342 g/mol. The van der Waals surface area contributed by atoms with Crippen LogP contribution in [0.4, 0.5) is 13.2 Å². The van der Waals surface area contributed by atoms with Gasteiger partial charge in [0.25, 0.3) is 0 Å². The summed E-state index contributed by atoms with van der Waals surface area (Å²) in [6, 6.07) is 9.95. The van der Waals surface area contributed by atoms with Crippen LogP contribution in [0, 0.1) is 5.41 Å². The molecular formula is C17H17F3O2S. The number of carboxylic acid groups (broad SMARTS) is 1. The summed E-state index contributed by atoms with van der Waals surface area (Å²) in [5.74, 6) is -0.951. The van der Waals surface area contributed by atoms with Crippen molar-refractivity contribution in [1.82, 2.24) is 0 Å². The Hall–Kier alpha value is -1.82. The number of alkyl halides is 3. The molecule has 0 aliphatic heterocycles. The third kappa shape index (κ3) is 4.13. The van der Waals surface area contributed by atoms with Crippen molar-refractivity contribution in [3.05, 3.63) is 46.2 Å². The molecule has 0 saturated carbocycles. The first-order chi connectivity index (χ1) is 10.6. The van der Waals surface area contributed by atoms with Gasteiger partial charge in [0.1, 0.15) is 4.88 Å². The number of thiophene rings is 1. The molecule has 0 amide bonds. The highest BCUT2D eigenvalue weighted by molar-refractivity contribution is 7.12. The first-order valence-corrected chi connectivity index (χ1v) is 7.91. The molecule has 2 aromatic rings. The van der Waals surface area contributed by atoms with Gasteiger partial charge in [-0.25, -0.2) is 0 Å². The van der Waals surface area contributed by atoms with Crippen molar-refractivity contribution in [2.45, 2.75) is 32.9 Å². The van der Waals surface area contributed by atoms with Crippen LogP contribution in [0.1, 0.15) is 30.0 Å². The van der Waals surface area contributed by atoms with Crippen LogP contribution in [0.3, 0.4) is 0 Å². The van der Waals surface area contributed by atoms with Gasteiger partial charge in [-0.05, 0) is 38.3 Å². The molecule has 0 unspecified atom stereocenters. The molecule has 0 saturated heterocycles. The lowest BCUT2D eigenvalue weighted by Gasteiger charge is -2.17. The minimum Gasteiger partial charge on any atom is -0.481 e. The lowest BCUT2D eigenvalue weighted by molar-refractivity contribution is -0.147. The first-order valence-electron chi connectivity index (χ1n) is 7.10. The van der Waals surface area contributed by atoms with Gasteiger partial charge in [0, 0.05) is 10.4 Å². The number of hydrogen-bond acceptors (Lipinski definition) is 2. The van der Waals surface area contributed by atoms with Crippen molar-refractivity contribution >= 4 is 17.3 Å². The zero-order valence-electron chi connectivity index (χ0n) is 12.8. The molecule has 2 nitrogen and oxygen atoms in total. The molecule has 0 fully saturated rings. The van der Waals surface area contributed by atoms with E-state index < -0.39 is 22.4 Å². The molecule has 1 heterocycles. The molecule has 0 aliphatic rings. The van der Waals surface area contributed by atoms with Crippen LogP contribution >= 0.6 is 11.3 Å². The van der Waals surface area contributed by atoms with E-state index in [4.69, 9.17) is 5.11 Å². The summed E-state index contributed by atoms with van der Waals surface area (Å²) in [4.78, 5) is 11.0. The van der Waals surface area contributed by atoms with Crippen LogP contribution in [-0.2, 0) is 17.4 Å². The van der Waals surface area contributed by atoms with Crippen LogP contribution < -0.4 is 0 Å². The van der Waals surface area contributed by atoms with Gasteiger partial charge in [-0.3, -0.25) is 4.79 Å². The number of halogens is 3. The average molecular weight is 342 g/mol. The molecule has 6 heteroatoms. The van der Waals surface area contributed by atoms with Gasteiger partial charge in [-0.1, -0.05) is 30.3 Å². The summed E-state index contributed by atoms with van der Waals surface area (Å²) < 4.78 is 39.8. The number of aryl methyl sites for hydroxylation is 1. The predicted molar refractivity (Wildman–Crippen MR) is 84.5 cm³/mol. The summed E-state index contributed by atoms with van der Waals surface area (Å²) in [5, 5.41) is 9.11. The van der Waals surface area contributed by atoms with E-state index >= 15 is 0 Å². The van der Waals surface area contributed by atoms with Gasteiger partial charge in [0.05, 0.1) is 5.41 Å². The summed E-state index contributed by atoms with van der Waals surface area (Å²) in [6.07, 6.45) is -3.83. The maximum absolute atomic E-state index is 13.3. The largest absolute Gasteiger partial charge is 0.481 e. The molecule has 0 radical (unpaired) electrons. The average Bonchev–Trinajstić information content (AvgIpc) is 2.90. The highest BCUT2D eigenvalue weighted by Crippen LogP contribution is 2.43. The fourth-order valence-electron chi connectivity index (χ4n) is 2.15. The van der Waals surface area contributed by atoms with Crippen LogP contribution in [0.15, 0.2) is 36.4 Å². The van der Waals surface area contributed by atoms with E-state index in [1.54, 1.807) is 44.2 Å². The smallest absolute Gasteiger partial charge is 0.426 e. The quantitative estimate of drug-likeness (QED) is 0.781. The normalized spacial score (nSPS) is 12.4. The second-order valence-electron chi connectivity index (χ2n) is 6.01. The van der Waals surface area contributed by atoms with Gasteiger partial charge in [0.2, 0.25) is 0 Å². The Balaban J connectivity index is 2.34. The van der Waals surface area contributed by atoms with E-state index in [1.807, 2.05) is 0 Å². The SMILES string of the molecule is CC(C)(CCc1cc(-c2ccccc2)c(C(F)(F)F)s1)C(=O)O. The van der Waals surface area contributed by atoms with Crippen molar-refractivity contribution in [2.24, 2.45) is 5.41 Å². The summed E-state index contributed by atoms with van der Waals surface area (Å²) in [6.45, 7) is 3.15. The van der Waals surface area contributed by atoms with E-state index in [9.17, 15) is 18.0 Å². The van der Waals surface area contributed by atoms with Crippen molar-refractivity contribution in [3.8, 4) is 11.1 Å². The molecule has 0 aliphatic carbocycles. The zero-order valence-corrected chi connectivity index (χ0v) is 13.6. The van der Waals surface area contributed by atoms with Crippen LogP contribution in [-0.4, -0.2) is 11.1 Å². The summed E-state index contributed by atoms with van der Waals surface area (Å²) >= 11 is 0.696. The van der Waals surface area contributed by atoms with Gasteiger partial charge in [-0.15, -0.1) is 11.3 Å². The minimum atomic E-state index is -4.42. The molecule has 2 rings (SSSR count). The molecule has 1 N–H and O–H groups in total. The lowest BCUT2D eigenvalue weighted by Crippen LogP contribution is -2.24. The Morgan fingerprint density at radius 2 is 1.78 bits per heavy atom. The number of carbonyl (C=O) groups is 1. The van der Waals surface area contributed by atoms with Crippen molar-refractivity contribution in [2.75, 3.05) is 0 Å². The number of benzene rings is 1. The van der Waals surface area contributed by atoms with Gasteiger partial charge in [-0.2, -0.15) is 13.2 Å². The fraction of sp³-hybridized carbons (Fsp3) is 0.353. The predicted octanol–water partition coefficient (Wildman–Crippen LogP) is 5.48. The number of aliphatic carboxylic acids is 1. The van der Waals surface area contributed by atoms with Gasteiger partial charge in [0.15, 0.2) is 0 Å². The third-order valence-electron chi connectivity index (χ3n) is 3.70. The Bertz CT molecular complexity index is 688. The number of hydrogen-bond donors (Lipinski definition) is 1. The number of rotatable bonds is 5. The van der Waals surface area contributed by atoms with E-state index in [1.165, 1.54) is 6.07 Å². The van der Waals surface area contributed by atoms with Crippen LogP contribution in [0.5, 0.6) is 0 Å². The zero-order chi connectivity index (χ0) is 17.3. The maximum atomic E-state index is 13.3. The second kappa shape index (κ2) is 6.35. The Kier molecular flexibility index (Phi) is 4.84. The van der Waals surface area contributed by atoms with E-state index in [-0.39, 0.29) is 12.0 Å². The highest BCUT2D eigenvalue weighted by atomic mass is 32.1. The molecule has 0 atom stereocenters. The highest BCUT2D eigenvalue weighted by Gasteiger charge is 2.36. The minimum absolute atomic E-state index is 0.159. The fourth-order valence-corrected chi connectivity index (χ4v) is 3.20. The first kappa shape index (κ1) is 17.5. The topological polar surface area (TPSA) is 37.3 Å².